The Morgan fingerprint density at radius 1 is 1.11 bits per heavy atom. The number of esters is 1. The molecule has 0 atom stereocenters. The second-order valence-corrected chi connectivity index (χ2v) is 5.61. The minimum Gasteiger partial charge on any atom is -0.463 e. The summed E-state index contributed by atoms with van der Waals surface area (Å²) in [6.07, 6.45) is 2.97. The number of hydrogen-bond acceptors (Lipinski definition) is 5. The van der Waals surface area contributed by atoms with E-state index < -0.39 is 11.9 Å². The summed E-state index contributed by atoms with van der Waals surface area (Å²) in [6.45, 7) is 2.06. The Morgan fingerprint density at radius 2 is 1.81 bits per heavy atom. The molecule has 1 heterocycles. The van der Waals surface area contributed by atoms with E-state index in [0.29, 0.717) is 23.1 Å². The van der Waals surface area contributed by atoms with E-state index in [4.69, 9.17) is 4.74 Å². The van der Waals surface area contributed by atoms with Crippen molar-refractivity contribution in [1.29, 1.82) is 0 Å². The highest BCUT2D eigenvalue weighted by molar-refractivity contribution is 6.11. The van der Waals surface area contributed by atoms with Crippen molar-refractivity contribution in [2.24, 2.45) is 0 Å². The molecule has 0 spiro atoms. The lowest BCUT2D eigenvalue weighted by molar-refractivity contribution is -0.137. The number of ether oxygens (including phenoxy) is 1. The normalized spacial score (nSPS) is 10.9. The third kappa shape index (κ3) is 4.27. The van der Waals surface area contributed by atoms with Crippen molar-refractivity contribution in [2.45, 2.75) is 6.92 Å². The van der Waals surface area contributed by atoms with Crippen LogP contribution in [-0.2, 0) is 9.53 Å². The molecule has 0 radical (unpaired) electrons. The first-order valence-electron chi connectivity index (χ1n) is 8.32. The third-order valence-corrected chi connectivity index (χ3v) is 3.78. The van der Waals surface area contributed by atoms with Crippen LogP contribution in [0.4, 0.5) is 5.69 Å². The molecule has 27 heavy (non-hydrogen) atoms. The number of carbonyl (C=O) groups is 2. The van der Waals surface area contributed by atoms with Crippen molar-refractivity contribution in [1.82, 2.24) is 10.2 Å². The number of aromatic nitrogens is 2. The molecule has 0 unspecified atom stereocenters. The lowest BCUT2D eigenvalue weighted by Crippen LogP contribution is -2.19. The molecule has 0 saturated carbocycles. The number of nitrogens with one attached hydrogen (secondary N) is 2. The van der Waals surface area contributed by atoms with Gasteiger partial charge in [-0.25, -0.2) is 9.89 Å². The van der Waals surface area contributed by atoms with Crippen LogP contribution in [0.25, 0.3) is 16.8 Å². The summed E-state index contributed by atoms with van der Waals surface area (Å²) in [4.78, 5) is 35.7. The summed E-state index contributed by atoms with van der Waals surface area (Å²) < 4.78 is 4.82. The Hall–Kier alpha value is -3.74. The zero-order chi connectivity index (χ0) is 19.2. The van der Waals surface area contributed by atoms with Crippen molar-refractivity contribution in [2.75, 3.05) is 11.9 Å². The topological polar surface area (TPSA) is 101 Å². The van der Waals surface area contributed by atoms with Gasteiger partial charge in [-0.3, -0.25) is 9.59 Å². The van der Waals surface area contributed by atoms with E-state index in [2.05, 4.69) is 15.5 Å². The van der Waals surface area contributed by atoms with Crippen LogP contribution in [-0.4, -0.2) is 28.7 Å². The molecule has 1 aromatic heterocycles. The fourth-order valence-electron chi connectivity index (χ4n) is 2.51. The van der Waals surface area contributed by atoms with Crippen molar-refractivity contribution in [3.63, 3.8) is 0 Å². The van der Waals surface area contributed by atoms with Gasteiger partial charge in [0.2, 0.25) is 0 Å². The van der Waals surface area contributed by atoms with Crippen molar-refractivity contribution in [3.8, 4) is 0 Å². The Kier molecular flexibility index (Phi) is 5.41. The van der Waals surface area contributed by atoms with E-state index in [0.717, 1.165) is 5.56 Å². The van der Waals surface area contributed by atoms with Crippen LogP contribution >= 0.6 is 0 Å². The first-order chi connectivity index (χ1) is 13.1. The summed E-state index contributed by atoms with van der Waals surface area (Å²) in [5.41, 5.74) is 1.13. The minimum atomic E-state index is -0.433. The first kappa shape index (κ1) is 18.1. The Morgan fingerprint density at radius 3 is 2.52 bits per heavy atom. The average molecular weight is 363 g/mol. The molecule has 1 amide bonds. The van der Waals surface area contributed by atoms with Gasteiger partial charge in [0, 0.05) is 17.1 Å². The maximum atomic E-state index is 12.5. The van der Waals surface area contributed by atoms with Crippen molar-refractivity contribution in [3.05, 3.63) is 76.2 Å². The number of benzene rings is 2. The largest absolute Gasteiger partial charge is 0.463 e. The van der Waals surface area contributed by atoms with E-state index in [1.165, 1.54) is 6.08 Å². The van der Waals surface area contributed by atoms with Gasteiger partial charge < -0.3 is 10.1 Å². The lowest BCUT2D eigenvalue weighted by atomic mass is 10.1. The van der Waals surface area contributed by atoms with Gasteiger partial charge in [-0.15, -0.1) is 0 Å². The fourth-order valence-corrected chi connectivity index (χ4v) is 2.51. The molecule has 0 saturated heterocycles. The van der Waals surface area contributed by atoms with Gasteiger partial charge in [0.05, 0.1) is 12.0 Å². The fraction of sp³-hybridized carbons (Fsp3) is 0.100. The van der Waals surface area contributed by atoms with Crippen LogP contribution in [0.5, 0.6) is 0 Å². The standard InChI is InChI=1S/C20H17N3O4/c1-2-27-17(24)12-9-13-7-10-14(11-8-13)21-20(26)18-15-5-3-4-6-16(15)19(25)23-22-18/h3-12H,2H2,1H3,(H,21,26)(H,23,25)/b12-9+. The van der Waals surface area contributed by atoms with Crippen LogP contribution in [0.3, 0.4) is 0 Å². The number of aromatic amines is 1. The Bertz CT molecular complexity index is 1070. The van der Waals surface area contributed by atoms with Gasteiger partial charge in [0.1, 0.15) is 0 Å². The molecular weight excluding hydrogens is 346 g/mol. The molecule has 0 aliphatic carbocycles. The van der Waals surface area contributed by atoms with Crippen LogP contribution in [0.15, 0.2) is 59.4 Å². The lowest BCUT2D eigenvalue weighted by Gasteiger charge is -2.07. The minimum absolute atomic E-state index is 0.136. The van der Waals surface area contributed by atoms with Gasteiger partial charge in [0.15, 0.2) is 5.69 Å². The SMILES string of the molecule is CCOC(=O)/C=C/c1ccc(NC(=O)c2n[nH]c(=O)c3ccccc23)cc1. The summed E-state index contributed by atoms with van der Waals surface area (Å²) in [7, 11) is 0. The molecule has 0 fully saturated rings. The number of carbonyl (C=O) groups excluding carboxylic acids is 2. The van der Waals surface area contributed by atoms with Crippen LogP contribution in [0, 0.1) is 0 Å². The predicted octanol–water partition coefficient (Wildman–Crippen LogP) is 2.75. The average Bonchev–Trinajstić information content (AvgIpc) is 2.68. The van der Waals surface area contributed by atoms with Crippen LogP contribution in [0.2, 0.25) is 0 Å². The van der Waals surface area contributed by atoms with Gasteiger partial charge in [0.25, 0.3) is 11.5 Å². The van der Waals surface area contributed by atoms with E-state index in [1.807, 2.05) is 0 Å². The molecule has 0 aliphatic heterocycles. The summed E-state index contributed by atoms with van der Waals surface area (Å²) >= 11 is 0. The Balaban J connectivity index is 1.76. The van der Waals surface area contributed by atoms with Gasteiger partial charge in [-0.1, -0.05) is 30.3 Å². The van der Waals surface area contributed by atoms with E-state index in [-0.39, 0.29) is 11.3 Å². The molecular formula is C20H17N3O4. The molecule has 0 aliphatic rings. The quantitative estimate of drug-likeness (QED) is 0.536. The maximum Gasteiger partial charge on any atom is 0.330 e. The number of anilines is 1. The zero-order valence-electron chi connectivity index (χ0n) is 14.6. The molecule has 2 N–H and O–H groups in total. The second kappa shape index (κ2) is 8.09. The van der Waals surface area contributed by atoms with Gasteiger partial charge in [-0.2, -0.15) is 5.10 Å². The first-order valence-corrected chi connectivity index (χ1v) is 8.32. The summed E-state index contributed by atoms with van der Waals surface area (Å²) in [6, 6.07) is 13.7. The van der Waals surface area contributed by atoms with E-state index in [9.17, 15) is 14.4 Å². The monoisotopic (exact) mass is 363 g/mol. The maximum absolute atomic E-state index is 12.5. The van der Waals surface area contributed by atoms with Crippen molar-refractivity contribution < 1.29 is 14.3 Å². The summed E-state index contributed by atoms with van der Waals surface area (Å²) in [5.74, 6) is -0.844. The Labute approximate surface area is 154 Å². The number of rotatable bonds is 5. The smallest absolute Gasteiger partial charge is 0.330 e. The molecule has 3 aromatic rings. The van der Waals surface area contributed by atoms with Gasteiger partial charge >= 0.3 is 5.97 Å². The zero-order valence-corrected chi connectivity index (χ0v) is 14.6. The molecule has 2 aromatic carbocycles. The number of H-pyrrole nitrogens is 1. The van der Waals surface area contributed by atoms with E-state index in [1.54, 1.807) is 61.5 Å². The van der Waals surface area contributed by atoms with Crippen LogP contribution in [0.1, 0.15) is 23.0 Å². The van der Waals surface area contributed by atoms with Crippen LogP contribution < -0.4 is 10.9 Å². The number of amides is 1. The highest BCUT2D eigenvalue weighted by Gasteiger charge is 2.14. The molecule has 136 valence electrons. The van der Waals surface area contributed by atoms with Crippen molar-refractivity contribution >= 4 is 34.4 Å². The number of nitrogens with zero attached hydrogens (tertiary/aromatic N) is 1. The van der Waals surface area contributed by atoms with E-state index >= 15 is 0 Å². The number of hydrogen-bond donors (Lipinski definition) is 2. The van der Waals surface area contributed by atoms with Gasteiger partial charge in [-0.05, 0) is 36.8 Å². The molecule has 3 rings (SSSR count). The molecule has 7 heteroatoms. The highest BCUT2D eigenvalue weighted by Crippen LogP contribution is 2.16. The third-order valence-electron chi connectivity index (χ3n) is 3.78. The second-order valence-electron chi connectivity index (χ2n) is 5.61. The number of fused-ring (bicyclic) bond motifs is 1. The molecule has 0 bridgehead atoms. The summed E-state index contributed by atoms with van der Waals surface area (Å²) in [5, 5.41) is 9.83. The predicted molar refractivity (Wildman–Crippen MR) is 102 cm³/mol. The molecule has 7 nitrogen and oxygen atoms in total. The highest BCUT2D eigenvalue weighted by atomic mass is 16.5.